The summed E-state index contributed by atoms with van der Waals surface area (Å²) in [5.41, 5.74) is -0.494. The molecule has 20 heavy (non-hydrogen) atoms. The number of rotatable bonds is 5. The van der Waals surface area contributed by atoms with E-state index in [2.05, 4.69) is 10.0 Å². The second-order valence-electron chi connectivity index (χ2n) is 5.36. The van der Waals surface area contributed by atoms with E-state index in [-0.39, 0.29) is 23.9 Å². The van der Waals surface area contributed by atoms with Gasteiger partial charge < -0.3 is 5.32 Å². The molecule has 1 aromatic rings. The van der Waals surface area contributed by atoms with Crippen LogP contribution in [0.25, 0.3) is 0 Å². The van der Waals surface area contributed by atoms with Gasteiger partial charge in [-0.25, -0.2) is 13.1 Å². The molecular formula is C13H19ClN2O3S. The van der Waals surface area contributed by atoms with E-state index in [1.807, 2.05) is 0 Å². The molecule has 0 fully saturated rings. The van der Waals surface area contributed by atoms with Crippen LogP contribution in [0.2, 0.25) is 5.02 Å². The highest BCUT2D eigenvalue weighted by Crippen LogP contribution is 2.15. The third-order valence-corrected chi connectivity index (χ3v) is 4.18. The lowest BCUT2D eigenvalue weighted by Gasteiger charge is -2.17. The topological polar surface area (TPSA) is 75.3 Å². The number of carbonyl (C=O) groups excluding carboxylic acids is 1. The van der Waals surface area contributed by atoms with Gasteiger partial charge in [-0.05, 0) is 18.2 Å². The molecule has 1 rings (SSSR count). The van der Waals surface area contributed by atoms with Crippen LogP contribution in [0, 0.1) is 5.41 Å². The molecule has 0 heterocycles. The molecule has 1 amide bonds. The molecule has 7 heteroatoms. The molecule has 0 saturated heterocycles. The standard InChI is InChI=1S/C13H19ClN2O3S/c1-13(2,3)12(17)15-7-8-16-20(18,19)11-6-4-5-10(14)9-11/h4-6,9,16H,7-8H2,1-3H3,(H,15,17). The maximum absolute atomic E-state index is 11.9. The Bertz CT molecular complexity index is 580. The van der Waals surface area contributed by atoms with E-state index < -0.39 is 15.4 Å². The zero-order valence-corrected chi connectivity index (χ0v) is 13.3. The van der Waals surface area contributed by atoms with Crippen LogP contribution in [0.15, 0.2) is 29.2 Å². The summed E-state index contributed by atoms with van der Waals surface area (Å²) in [5, 5.41) is 3.02. The van der Waals surface area contributed by atoms with Crippen molar-refractivity contribution in [3.8, 4) is 0 Å². The number of hydrogen-bond donors (Lipinski definition) is 2. The zero-order valence-electron chi connectivity index (χ0n) is 11.7. The molecular weight excluding hydrogens is 300 g/mol. The van der Waals surface area contributed by atoms with Gasteiger partial charge in [-0.2, -0.15) is 0 Å². The van der Waals surface area contributed by atoms with Crippen molar-refractivity contribution in [1.29, 1.82) is 0 Å². The second kappa shape index (κ2) is 6.56. The van der Waals surface area contributed by atoms with Crippen LogP contribution < -0.4 is 10.0 Å². The third kappa shape index (κ3) is 5.11. The maximum Gasteiger partial charge on any atom is 0.240 e. The predicted molar refractivity (Wildman–Crippen MR) is 79.1 cm³/mol. The first-order chi connectivity index (χ1) is 9.13. The van der Waals surface area contributed by atoms with Gasteiger partial charge in [0, 0.05) is 23.5 Å². The number of halogens is 1. The highest BCUT2D eigenvalue weighted by molar-refractivity contribution is 7.89. The number of benzene rings is 1. The van der Waals surface area contributed by atoms with E-state index in [9.17, 15) is 13.2 Å². The van der Waals surface area contributed by atoms with Gasteiger partial charge in [-0.15, -0.1) is 0 Å². The predicted octanol–water partition coefficient (Wildman–Crippen LogP) is 1.78. The first-order valence-electron chi connectivity index (χ1n) is 6.16. The Kier molecular flexibility index (Phi) is 5.56. The minimum atomic E-state index is -3.60. The van der Waals surface area contributed by atoms with E-state index >= 15 is 0 Å². The van der Waals surface area contributed by atoms with Crippen molar-refractivity contribution in [1.82, 2.24) is 10.0 Å². The Balaban J connectivity index is 2.52. The molecule has 0 aromatic heterocycles. The molecule has 0 atom stereocenters. The van der Waals surface area contributed by atoms with E-state index in [1.54, 1.807) is 32.9 Å². The van der Waals surface area contributed by atoms with Crippen molar-refractivity contribution >= 4 is 27.5 Å². The smallest absolute Gasteiger partial charge is 0.240 e. The summed E-state index contributed by atoms with van der Waals surface area (Å²) in [6.45, 7) is 5.72. The molecule has 0 aliphatic heterocycles. The van der Waals surface area contributed by atoms with Gasteiger partial charge in [-0.1, -0.05) is 38.4 Å². The Labute approximate surface area is 124 Å². The van der Waals surface area contributed by atoms with Gasteiger partial charge >= 0.3 is 0 Å². The quantitative estimate of drug-likeness (QED) is 0.813. The minimum absolute atomic E-state index is 0.104. The van der Waals surface area contributed by atoms with Crippen LogP contribution in [0.4, 0.5) is 0 Å². The molecule has 0 unspecified atom stereocenters. The van der Waals surface area contributed by atoms with Crippen LogP contribution in [0.3, 0.4) is 0 Å². The molecule has 2 N–H and O–H groups in total. The van der Waals surface area contributed by atoms with Gasteiger partial charge in [0.25, 0.3) is 0 Å². The summed E-state index contributed by atoms with van der Waals surface area (Å²) in [6.07, 6.45) is 0. The van der Waals surface area contributed by atoms with Crippen molar-refractivity contribution in [3.05, 3.63) is 29.3 Å². The average Bonchev–Trinajstić information content (AvgIpc) is 2.33. The molecule has 112 valence electrons. The van der Waals surface area contributed by atoms with Gasteiger partial charge in [0.1, 0.15) is 0 Å². The summed E-state index contributed by atoms with van der Waals surface area (Å²) in [6, 6.07) is 6.00. The fraction of sp³-hybridized carbons (Fsp3) is 0.462. The summed E-state index contributed by atoms with van der Waals surface area (Å²) in [4.78, 5) is 11.7. The number of carbonyl (C=O) groups is 1. The largest absolute Gasteiger partial charge is 0.354 e. The molecule has 0 spiro atoms. The van der Waals surface area contributed by atoms with Crippen molar-refractivity contribution < 1.29 is 13.2 Å². The lowest BCUT2D eigenvalue weighted by Crippen LogP contribution is -2.39. The lowest BCUT2D eigenvalue weighted by molar-refractivity contribution is -0.128. The molecule has 0 radical (unpaired) electrons. The van der Waals surface area contributed by atoms with E-state index in [0.717, 1.165) is 0 Å². The first kappa shape index (κ1) is 16.9. The minimum Gasteiger partial charge on any atom is -0.354 e. The summed E-state index contributed by atoms with van der Waals surface area (Å²) < 4.78 is 26.3. The SMILES string of the molecule is CC(C)(C)C(=O)NCCNS(=O)(=O)c1cccc(Cl)c1. The van der Waals surface area contributed by atoms with E-state index in [4.69, 9.17) is 11.6 Å². The molecule has 5 nitrogen and oxygen atoms in total. The number of nitrogens with one attached hydrogen (secondary N) is 2. The van der Waals surface area contributed by atoms with Gasteiger partial charge in [0.15, 0.2) is 0 Å². The Morgan fingerprint density at radius 1 is 1.25 bits per heavy atom. The van der Waals surface area contributed by atoms with Gasteiger partial charge in [-0.3, -0.25) is 4.79 Å². The average molecular weight is 319 g/mol. The van der Waals surface area contributed by atoms with Crippen LogP contribution >= 0.6 is 11.6 Å². The maximum atomic E-state index is 11.9. The summed E-state index contributed by atoms with van der Waals surface area (Å²) >= 11 is 5.75. The van der Waals surface area contributed by atoms with Crippen molar-refractivity contribution in [2.75, 3.05) is 13.1 Å². The fourth-order valence-electron chi connectivity index (χ4n) is 1.34. The monoisotopic (exact) mass is 318 g/mol. The molecule has 1 aromatic carbocycles. The van der Waals surface area contributed by atoms with Crippen LogP contribution in [-0.4, -0.2) is 27.4 Å². The van der Waals surface area contributed by atoms with E-state index in [0.29, 0.717) is 5.02 Å². The van der Waals surface area contributed by atoms with Gasteiger partial charge in [0.05, 0.1) is 4.90 Å². The van der Waals surface area contributed by atoms with Gasteiger partial charge in [0.2, 0.25) is 15.9 Å². The Hall–Kier alpha value is -1.11. The van der Waals surface area contributed by atoms with Crippen molar-refractivity contribution in [2.45, 2.75) is 25.7 Å². The number of amides is 1. The molecule has 0 bridgehead atoms. The first-order valence-corrected chi connectivity index (χ1v) is 8.02. The third-order valence-electron chi connectivity index (χ3n) is 2.49. The van der Waals surface area contributed by atoms with Crippen molar-refractivity contribution in [2.24, 2.45) is 5.41 Å². The highest BCUT2D eigenvalue weighted by atomic mass is 35.5. The highest BCUT2D eigenvalue weighted by Gasteiger charge is 2.20. The van der Waals surface area contributed by atoms with E-state index in [1.165, 1.54) is 12.1 Å². The lowest BCUT2D eigenvalue weighted by atomic mass is 9.96. The molecule has 0 saturated carbocycles. The second-order valence-corrected chi connectivity index (χ2v) is 7.56. The molecule has 0 aliphatic rings. The van der Waals surface area contributed by atoms with Crippen LogP contribution in [-0.2, 0) is 14.8 Å². The normalized spacial score (nSPS) is 12.2. The zero-order chi connectivity index (χ0) is 15.4. The van der Waals surface area contributed by atoms with Crippen LogP contribution in [0.1, 0.15) is 20.8 Å². The van der Waals surface area contributed by atoms with Crippen molar-refractivity contribution in [3.63, 3.8) is 0 Å². The summed E-state index contributed by atoms with van der Waals surface area (Å²) in [7, 11) is -3.60. The Morgan fingerprint density at radius 2 is 1.90 bits per heavy atom. The number of sulfonamides is 1. The number of hydrogen-bond acceptors (Lipinski definition) is 3. The summed E-state index contributed by atoms with van der Waals surface area (Å²) in [5.74, 6) is -0.126. The van der Waals surface area contributed by atoms with Crippen LogP contribution in [0.5, 0.6) is 0 Å². The fourth-order valence-corrected chi connectivity index (χ4v) is 2.68. The Morgan fingerprint density at radius 3 is 2.45 bits per heavy atom. The molecule has 0 aliphatic carbocycles.